The molecule has 4 aliphatic carbocycles. The Balaban J connectivity index is 1.75. The summed E-state index contributed by atoms with van der Waals surface area (Å²) in [6, 6.07) is 5.07. The molecule has 2 aromatic rings. The van der Waals surface area contributed by atoms with Crippen LogP contribution < -0.4 is 0 Å². The molecule has 1 saturated carbocycles. The largest absolute Gasteiger partial charge is 0.494 e. The molecule has 4 aliphatic rings. The van der Waals surface area contributed by atoms with Gasteiger partial charge < -0.3 is 10.2 Å². The van der Waals surface area contributed by atoms with Gasteiger partial charge in [-0.2, -0.15) is 0 Å². The highest BCUT2D eigenvalue weighted by molar-refractivity contribution is 6.42. The highest BCUT2D eigenvalue weighted by Crippen LogP contribution is 2.68. The predicted octanol–water partition coefficient (Wildman–Crippen LogP) is 4.58. The van der Waals surface area contributed by atoms with Crippen LogP contribution in [-0.4, -0.2) is 14.8 Å². The summed E-state index contributed by atoms with van der Waals surface area (Å²) in [7, 11) is 0. The second kappa shape index (κ2) is 4.03. The maximum absolute atomic E-state index is 10.7. The van der Waals surface area contributed by atoms with Crippen molar-refractivity contribution in [2.24, 2.45) is 11.8 Å². The molecule has 1 aromatic heterocycles. The summed E-state index contributed by atoms with van der Waals surface area (Å²) in [6.07, 6.45) is 5.54. The van der Waals surface area contributed by atoms with Crippen molar-refractivity contribution < 1.29 is 10.2 Å². The van der Waals surface area contributed by atoms with E-state index in [1.165, 1.54) is 11.0 Å². The zero-order valence-corrected chi connectivity index (χ0v) is 13.0. The first-order valence-electron chi connectivity index (χ1n) is 7.38. The van der Waals surface area contributed by atoms with Gasteiger partial charge in [0.05, 0.1) is 15.7 Å². The number of nitrogens with zero attached hydrogens (tertiary/aromatic N) is 1. The molecule has 2 N–H and O–H groups in total. The van der Waals surface area contributed by atoms with Gasteiger partial charge in [0.1, 0.15) is 0 Å². The van der Waals surface area contributed by atoms with Gasteiger partial charge in [-0.3, -0.25) is 4.57 Å². The molecule has 3 nitrogen and oxygen atoms in total. The summed E-state index contributed by atoms with van der Waals surface area (Å²) in [4.78, 5) is 0. The fourth-order valence-electron chi connectivity index (χ4n) is 4.32. The molecule has 0 amide bonds. The number of benzene rings is 1. The molecule has 0 saturated heterocycles. The Morgan fingerprint density at radius 1 is 0.909 bits per heavy atom. The van der Waals surface area contributed by atoms with E-state index in [4.69, 9.17) is 23.2 Å². The van der Waals surface area contributed by atoms with Crippen molar-refractivity contribution in [2.75, 3.05) is 0 Å². The lowest BCUT2D eigenvalue weighted by atomic mass is 9.73. The lowest BCUT2D eigenvalue weighted by Crippen LogP contribution is -2.18. The van der Waals surface area contributed by atoms with E-state index in [0.29, 0.717) is 27.6 Å². The highest BCUT2D eigenvalue weighted by Gasteiger charge is 2.57. The van der Waals surface area contributed by atoms with E-state index in [9.17, 15) is 10.2 Å². The number of hydrogen-bond acceptors (Lipinski definition) is 2. The third-order valence-corrected chi connectivity index (χ3v) is 6.10. The zero-order chi connectivity index (χ0) is 15.2. The van der Waals surface area contributed by atoms with E-state index >= 15 is 0 Å². The first-order valence-corrected chi connectivity index (χ1v) is 8.13. The van der Waals surface area contributed by atoms with Crippen LogP contribution in [0.25, 0.3) is 5.69 Å². The van der Waals surface area contributed by atoms with Crippen LogP contribution in [0.15, 0.2) is 30.4 Å². The van der Waals surface area contributed by atoms with Crippen molar-refractivity contribution in [1.82, 2.24) is 4.57 Å². The third kappa shape index (κ3) is 1.43. The first-order chi connectivity index (χ1) is 10.6. The molecule has 5 heteroatoms. The van der Waals surface area contributed by atoms with Gasteiger partial charge >= 0.3 is 0 Å². The number of halogens is 2. The fourth-order valence-corrected chi connectivity index (χ4v) is 4.61. The minimum atomic E-state index is 0.121. The zero-order valence-electron chi connectivity index (χ0n) is 11.5. The van der Waals surface area contributed by atoms with Crippen LogP contribution in [0.5, 0.6) is 11.8 Å². The molecule has 22 heavy (non-hydrogen) atoms. The van der Waals surface area contributed by atoms with Gasteiger partial charge in [0, 0.05) is 23.0 Å². The molecule has 1 fully saturated rings. The molecule has 0 unspecified atom stereocenters. The van der Waals surface area contributed by atoms with Crippen molar-refractivity contribution in [3.05, 3.63) is 51.5 Å². The number of aromatic hydroxyl groups is 2. The van der Waals surface area contributed by atoms with E-state index < -0.39 is 0 Å². The van der Waals surface area contributed by atoms with Crippen molar-refractivity contribution in [1.29, 1.82) is 0 Å². The summed E-state index contributed by atoms with van der Waals surface area (Å²) in [5.41, 5.74) is 2.39. The van der Waals surface area contributed by atoms with Gasteiger partial charge in [0.15, 0.2) is 0 Å². The second-order valence-electron chi connectivity index (χ2n) is 6.41. The first kappa shape index (κ1) is 12.9. The van der Waals surface area contributed by atoms with Gasteiger partial charge in [-0.15, -0.1) is 0 Å². The normalized spacial score (nSPS) is 30.3. The maximum Gasteiger partial charge on any atom is 0.202 e. The molecule has 0 aliphatic heterocycles. The Hall–Kier alpha value is -1.58. The second-order valence-corrected chi connectivity index (χ2v) is 7.22. The average Bonchev–Trinajstić information content (AvgIpc) is 3.28. The van der Waals surface area contributed by atoms with Crippen molar-refractivity contribution in [3.8, 4) is 17.4 Å². The molecule has 0 spiro atoms. The van der Waals surface area contributed by atoms with Crippen molar-refractivity contribution >= 4 is 23.2 Å². The number of allylic oxidation sites excluding steroid dienone is 2. The van der Waals surface area contributed by atoms with Crippen LogP contribution in [-0.2, 0) is 0 Å². The quantitative estimate of drug-likeness (QED) is 0.750. The van der Waals surface area contributed by atoms with E-state index in [2.05, 4.69) is 12.2 Å². The van der Waals surface area contributed by atoms with Crippen molar-refractivity contribution in [2.45, 2.75) is 18.3 Å². The smallest absolute Gasteiger partial charge is 0.202 e. The summed E-state index contributed by atoms with van der Waals surface area (Å²) in [6.45, 7) is 0. The van der Waals surface area contributed by atoms with Crippen LogP contribution in [0.1, 0.15) is 29.4 Å². The Bertz CT molecular complexity index is 813. The molecular weight excluding hydrogens is 321 g/mol. The third-order valence-electron chi connectivity index (χ3n) is 5.36. The molecule has 6 rings (SSSR count). The average molecular weight is 334 g/mol. The van der Waals surface area contributed by atoms with E-state index in [1.54, 1.807) is 18.2 Å². The Morgan fingerprint density at radius 2 is 1.50 bits per heavy atom. The van der Waals surface area contributed by atoms with Crippen molar-refractivity contribution in [3.63, 3.8) is 0 Å². The SMILES string of the molecule is Oc1c2c(c(O)n1-c1ccc(Cl)c(Cl)c1)[C@@H]1C=C[C@H]2[C@H]2C[C@H]21. The van der Waals surface area contributed by atoms with E-state index in [-0.39, 0.29) is 23.6 Å². The van der Waals surface area contributed by atoms with Gasteiger partial charge in [-0.25, -0.2) is 0 Å². The predicted molar refractivity (Wildman–Crippen MR) is 85.3 cm³/mol. The standard InChI is InChI=1S/C17H13Cl2NO2/c18-12-4-1-7(5-13(12)19)20-16(21)14-8-2-3-9(11-6-10(8)11)15(14)17(20)22/h1-5,8-11,21-22H,6H2/t8-,9+,10+,11-. The van der Waals surface area contributed by atoms with Gasteiger partial charge in [0.25, 0.3) is 0 Å². The van der Waals surface area contributed by atoms with Gasteiger partial charge in [0.2, 0.25) is 11.8 Å². The fraction of sp³-hybridized carbons (Fsp3) is 0.294. The minimum absolute atomic E-state index is 0.121. The van der Waals surface area contributed by atoms with Gasteiger partial charge in [-0.05, 0) is 36.5 Å². The molecule has 0 radical (unpaired) electrons. The van der Waals surface area contributed by atoms with Crippen LogP contribution in [0.2, 0.25) is 10.0 Å². The molecule has 2 bridgehead atoms. The van der Waals surface area contributed by atoms with E-state index in [1.807, 2.05) is 0 Å². The Labute approximate surface area is 137 Å². The van der Waals surface area contributed by atoms with Crippen LogP contribution in [0, 0.1) is 11.8 Å². The summed E-state index contributed by atoms with van der Waals surface area (Å²) in [5.74, 6) is 1.93. The molecule has 112 valence electrons. The van der Waals surface area contributed by atoms with Crippen LogP contribution >= 0.6 is 23.2 Å². The summed E-state index contributed by atoms with van der Waals surface area (Å²) in [5, 5.41) is 22.3. The maximum atomic E-state index is 10.7. The lowest BCUT2D eigenvalue weighted by molar-refractivity contribution is 0.398. The Kier molecular flexibility index (Phi) is 2.37. The summed E-state index contributed by atoms with van der Waals surface area (Å²) >= 11 is 12.0. The summed E-state index contributed by atoms with van der Waals surface area (Å²) < 4.78 is 1.48. The number of hydrogen-bond donors (Lipinski definition) is 2. The monoisotopic (exact) mass is 333 g/mol. The van der Waals surface area contributed by atoms with E-state index in [0.717, 1.165) is 11.1 Å². The Morgan fingerprint density at radius 3 is 2.05 bits per heavy atom. The minimum Gasteiger partial charge on any atom is -0.494 e. The lowest BCUT2D eigenvalue weighted by Gasteiger charge is -2.30. The molecule has 1 aromatic carbocycles. The molecular formula is C17H13Cl2NO2. The molecule has 4 atom stereocenters. The number of aromatic nitrogens is 1. The molecule has 1 heterocycles. The van der Waals surface area contributed by atoms with Crippen LogP contribution in [0.4, 0.5) is 0 Å². The topological polar surface area (TPSA) is 45.4 Å². The van der Waals surface area contributed by atoms with Gasteiger partial charge in [-0.1, -0.05) is 35.4 Å². The number of rotatable bonds is 1. The van der Waals surface area contributed by atoms with Crippen LogP contribution in [0.3, 0.4) is 0 Å². The highest BCUT2D eigenvalue weighted by atomic mass is 35.5.